The van der Waals surface area contributed by atoms with Crippen molar-refractivity contribution < 1.29 is 14.3 Å². The van der Waals surface area contributed by atoms with Crippen molar-refractivity contribution in [1.29, 1.82) is 0 Å². The van der Waals surface area contributed by atoms with Gasteiger partial charge in [0.15, 0.2) is 0 Å². The summed E-state index contributed by atoms with van der Waals surface area (Å²) in [6, 6.07) is 14.3. The summed E-state index contributed by atoms with van der Waals surface area (Å²) in [6.07, 6.45) is 1.56. The number of carbonyl (C=O) groups excluding carboxylic acids is 1. The molecule has 0 saturated heterocycles. The van der Waals surface area contributed by atoms with Crippen LogP contribution in [0.3, 0.4) is 0 Å². The molecule has 0 aliphatic carbocycles. The number of hydrogen-bond acceptors (Lipinski definition) is 4. The van der Waals surface area contributed by atoms with Crippen LogP contribution < -0.4 is 14.9 Å². The molecular formula is C17H18N2O3. The zero-order valence-electron chi connectivity index (χ0n) is 12.6. The van der Waals surface area contributed by atoms with Gasteiger partial charge in [0.25, 0.3) is 5.91 Å². The standard InChI is InChI=1S/C17H18N2O3/c1-3-22-15-9-7-14(8-10-15)17(20)19-18-12-13-5-4-6-16(11-13)21-2/h4-12H,3H2,1-2H3,(H,19,20)/b18-12-. The number of amides is 1. The van der Waals surface area contributed by atoms with Gasteiger partial charge in [0.2, 0.25) is 0 Å². The molecule has 0 saturated carbocycles. The van der Waals surface area contributed by atoms with Gasteiger partial charge in [0, 0.05) is 5.56 Å². The average Bonchev–Trinajstić information content (AvgIpc) is 2.56. The predicted octanol–water partition coefficient (Wildman–Crippen LogP) is 2.86. The molecule has 0 aliphatic heterocycles. The van der Waals surface area contributed by atoms with Gasteiger partial charge in [-0.05, 0) is 48.9 Å². The lowest BCUT2D eigenvalue weighted by molar-refractivity contribution is 0.0955. The number of ether oxygens (including phenoxy) is 2. The van der Waals surface area contributed by atoms with Crippen molar-refractivity contribution in [3.63, 3.8) is 0 Å². The van der Waals surface area contributed by atoms with Crippen molar-refractivity contribution in [2.45, 2.75) is 6.92 Å². The molecule has 0 aliphatic rings. The highest BCUT2D eigenvalue weighted by atomic mass is 16.5. The van der Waals surface area contributed by atoms with Crippen molar-refractivity contribution in [1.82, 2.24) is 5.43 Å². The molecule has 0 atom stereocenters. The Labute approximate surface area is 129 Å². The van der Waals surface area contributed by atoms with Gasteiger partial charge in [-0.1, -0.05) is 12.1 Å². The third kappa shape index (κ3) is 4.34. The minimum Gasteiger partial charge on any atom is -0.497 e. The average molecular weight is 298 g/mol. The smallest absolute Gasteiger partial charge is 0.271 e. The Bertz CT molecular complexity index is 651. The van der Waals surface area contributed by atoms with Crippen LogP contribution in [0.2, 0.25) is 0 Å². The van der Waals surface area contributed by atoms with Crippen molar-refractivity contribution >= 4 is 12.1 Å². The molecule has 2 aromatic rings. The Kier molecular flexibility index (Phi) is 5.54. The SMILES string of the molecule is CCOc1ccc(C(=O)N/N=C\c2cccc(OC)c2)cc1. The number of nitrogens with zero attached hydrogens (tertiary/aromatic N) is 1. The fraction of sp³-hybridized carbons (Fsp3) is 0.176. The van der Waals surface area contributed by atoms with Gasteiger partial charge >= 0.3 is 0 Å². The second-order valence-electron chi connectivity index (χ2n) is 4.43. The van der Waals surface area contributed by atoms with E-state index in [0.29, 0.717) is 12.2 Å². The van der Waals surface area contributed by atoms with Gasteiger partial charge in [-0.15, -0.1) is 0 Å². The van der Waals surface area contributed by atoms with Crippen molar-refractivity contribution in [3.8, 4) is 11.5 Å². The summed E-state index contributed by atoms with van der Waals surface area (Å²) in [4.78, 5) is 11.9. The number of hydrazone groups is 1. The van der Waals surface area contributed by atoms with Gasteiger partial charge < -0.3 is 9.47 Å². The number of benzene rings is 2. The number of nitrogens with one attached hydrogen (secondary N) is 1. The van der Waals surface area contributed by atoms with E-state index in [2.05, 4.69) is 10.5 Å². The Morgan fingerprint density at radius 1 is 1.18 bits per heavy atom. The van der Waals surface area contributed by atoms with Crippen molar-refractivity contribution in [2.24, 2.45) is 5.10 Å². The molecule has 1 N–H and O–H groups in total. The lowest BCUT2D eigenvalue weighted by Crippen LogP contribution is -2.17. The first kappa shape index (κ1) is 15.6. The summed E-state index contributed by atoms with van der Waals surface area (Å²) in [6.45, 7) is 2.50. The van der Waals surface area contributed by atoms with E-state index in [9.17, 15) is 4.79 Å². The molecule has 0 fully saturated rings. The van der Waals surface area contributed by atoms with E-state index < -0.39 is 0 Å². The zero-order chi connectivity index (χ0) is 15.8. The van der Waals surface area contributed by atoms with Crippen LogP contribution in [0, 0.1) is 0 Å². The minimum absolute atomic E-state index is 0.276. The van der Waals surface area contributed by atoms with E-state index in [1.54, 1.807) is 37.6 Å². The van der Waals surface area contributed by atoms with Crippen LogP contribution in [0.15, 0.2) is 53.6 Å². The van der Waals surface area contributed by atoms with E-state index in [4.69, 9.17) is 9.47 Å². The predicted molar refractivity (Wildman–Crippen MR) is 85.7 cm³/mol. The first-order valence-corrected chi connectivity index (χ1v) is 6.93. The van der Waals surface area contributed by atoms with Gasteiger partial charge in [0.05, 0.1) is 19.9 Å². The number of methoxy groups -OCH3 is 1. The minimum atomic E-state index is -0.276. The van der Waals surface area contributed by atoms with E-state index in [1.165, 1.54) is 0 Å². The Hall–Kier alpha value is -2.82. The highest BCUT2D eigenvalue weighted by Gasteiger charge is 2.04. The molecule has 2 aromatic carbocycles. The number of carbonyl (C=O) groups is 1. The molecule has 0 unspecified atom stereocenters. The highest BCUT2D eigenvalue weighted by Crippen LogP contribution is 2.12. The summed E-state index contributed by atoms with van der Waals surface area (Å²) in [5, 5.41) is 3.94. The molecule has 0 heterocycles. The summed E-state index contributed by atoms with van der Waals surface area (Å²) >= 11 is 0. The second kappa shape index (κ2) is 7.83. The van der Waals surface area contributed by atoms with Gasteiger partial charge in [-0.2, -0.15) is 5.10 Å². The zero-order valence-corrected chi connectivity index (χ0v) is 12.6. The molecule has 2 rings (SSSR count). The van der Waals surface area contributed by atoms with E-state index in [1.807, 2.05) is 31.2 Å². The molecule has 0 spiro atoms. The monoisotopic (exact) mass is 298 g/mol. The summed E-state index contributed by atoms with van der Waals surface area (Å²) in [7, 11) is 1.60. The summed E-state index contributed by atoms with van der Waals surface area (Å²) in [5.74, 6) is 1.20. The fourth-order valence-corrected chi connectivity index (χ4v) is 1.82. The van der Waals surface area contributed by atoms with Crippen LogP contribution in [-0.4, -0.2) is 25.8 Å². The Morgan fingerprint density at radius 2 is 1.95 bits per heavy atom. The maximum absolute atomic E-state index is 11.9. The van der Waals surface area contributed by atoms with Gasteiger partial charge in [0.1, 0.15) is 11.5 Å². The fourth-order valence-electron chi connectivity index (χ4n) is 1.82. The Balaban J connectivity index is 1.95. The molecule has 0 radical (unpaired) electrons. The summed E-state index contributed by atoms with van der Waals surface area (Å²) < 4.78 is 10.4. The molecular weight excluding hydrogens is 280 g/mol. The molecule has 5 nitrogen and oxygen atoms in total. The van der Waals surface area contributed by atoms with Crippen molar-refractivity contribution in [3.05, 3.63) is 59.7 Å². The molecule has 0 aromatic heterocycles. The van der Waals surface area contributed by atoms with Crippen LogP contribution in [0.5, 0.6) is 11.5 Å². The van der Waals surface area contributed by atoms with Crippen LogP contribution in [0.1, 0.15) is 22.8 Å². The van der Waals surface area contributed by atoms with Crippen LogP contribution in [-0.2, 0) is 0 Å². The van der Waals surface area contributed by atoms with E-state index >= 15 is 0 Å². The molecule has 22 heavy (non-hydrogen) atoms. The van der Waals surface area contributed by atoms with Crippen LogP contribution in [0.4, 0.5) is 0 Å². The first-order chi connectivity index (χ1) is 10.7. The first-order valence-electron chi connectivity index (χ1n) is 6.93. The molecule has 5 heteroatoms. The number of hydrogen-bond donors (Lipinski definition) is 1. The lowest BCUT2D eigenvalue weighted by atomic mass is 10.2. The van der Waals surface area contributed by atoms with Crippen molar-refractivity contribution in [2.75, 3.05) is 13.7 Å². The molecule has 114 valence electrons. The Morgan fingerprint density at radius 3 is 2.64 bits per heavy atom. The normalized spacial score (nSPS) is 10.5. The second-order valence-corrected chi connectivity index (χ2v) is 4.43. The maximum atomic E-state index is 11.9. The van der Waals surface area contributed by atoms with Crippen LogP contribution in [0.25, 0.3) is 0 Å². The third-order valence-electron chi connectivity index (χ3n) is 2.90. The maximum Gasteiger partial charge on any atom is 0.271 e. The molecule has 1 amide bonds. The molecule has 0 bridgehead atoms. The van der Waals surface area contributed by atoms with E-state index in [0.717, 1.165) is 17.1 Å². The van der Waals surface area contributed by atoms with E-state index in [-0.39, 0.29) is 5.91 Å². The quantitative estimate of drug-likeness (QED) is 0.659. The third-order valence-corrected chi connectivity index (χ3v) is 2.90. The van der Waals surface area contributed by atoms with Gasteiger partial charge in [-0.3, -0.25) is 4.79 Å². The largest absolute Gasteiger partial charge is 0.497 e. The highest BCUT2D eigenvalue weighted by molar-refractivity contribution is 5.95. The van der Waals surface area contributed by atoms with Gasteiger partial charge in [-0.25, -0.2) is 5.43 Å². The van der Waals surface area contributed by atoms with Crippen LogP contribution >= 0.6 is 0 Å². The number of rotatable bonds is 6. The lowest BCUT2D eigenvalue weighted by Gasteiger charge is -2.04. The summed E-state index contributed by atoms with van der Waals surface area (Å²) in [5.41, 5.74) is 3.84. The topological polar surface area (TPSA) is 59.9 Å².